The van der Waals surface area contributed by atoms with Gasteiger partial charge in [0.25, 0.3) is 11.8 Å². The molecule has 0 saturated heterocycles. The van der Waals surface area contributed by atoms with Crippen molar-refractivity contribution in [2.45, 2.75) is 44.3 Å². The fourth-order valence-electron chi connectivity index (χ4n) is 3.87. The summed E-state index contributed by atoms with van der Waals surface area (Å²) in [6, 6.07) is 4.92. The Hall–Kier alpha value is -3.05. The Bertz CT molecular complexity index is 1360. The first kappa shape index (κ1) is 21.8. The third kappa shape index (κ3) is 4.18. The number of methoxy groups -OCH3 is 1. The fourth-order valence-corrected chi connectivity index (χ4v) is 4.80. The first-order valence-corrected chi connectivity index (χ1v) is 11.1. The smallest absolute Gasteiger partial charge is 0.252 e. The lowest BCUT2D eigenvalue weighted by molar-refractivity contribution is -0.114. The lowest BCUT2D eigenvalue weighted by atomic mass is 9.91. The van der Waals surface area contributed by atoms with Crippen molar-refractivity contribution in [3.63, 3.8) is 0 Å². The number of fused-ring (bicyclic) bond motifs is 2. The van der Waals surface area contributed by atoms with Crippen molar-refractivity contribution < 1.29 is 27.8 Å². The van der Waals surface area contributed by atoms with Crippen molar-refractivity contribution in [1.29, 1.82) is 0 Å². The Kier molecular flexibility index (Phi) is 5.32. The van der Waals surface area contributed by atoms with Gasteiger partial charge < -0.3 is 14.6 Å². The van der Waals surface area contributed by atoms with Gasteiger partial charge in [0.15, 0.2) is 5.82 Å². The van der Waals surface area contributed by atoms with Gasteiger partial charge in [0.1, 0.15) is 21.5 Å². The summed E-state index contributed by atoms with van der Waals surface area (Å²) >= 11 is 1.19. The number of nitrogens with zero attached hydrogens (tertiary/aromatic N) is 4. The van der Waals surface area contributed by atoms with Crippen molar-refractivity contribution >= 4 is 32.7 Å². The van der Waals surface area contributed by atoms with Gasteiger partial charge in [-0.15, -0.1) is 0 Å². The minimum Gasteiger partial charge on any atom is -0.480 e. The van der Waals surface area contributed by atoms with Crippen molar-refractivity contribution in [3.05, 3.63) is 35.8 Å². The van der Waals surface area contributed by atoms with Crippen LogP contribution in [-0.4, -0.2) is 50.3 Å². The number of aryl methyl sites for hydroxylation is 1. The molecule has 1 aliphatic carbocycles. The lowest BCUT2D eigenvalue weighted by Crippen LogP contribution is -2.43. The molecule has 1 fully saturated rings. The van der Waals surface area contributed by atoms with E-state index in [0.717, 1.165) is 11.6 Å². The van der Waals surface area contributed by atoms with Crippen LogP contribution in [0.15, 0.2) is 24.4 Å². The molecule has 2 unspecified atom stereocenters. The molecule has 0 radical (unpaired) electrons. The number of halogens is 3. The number of rotatable bonds is 4. The second-order valence-electron chi connectivity index (χ2n) is 8.03. The van der Waals surface area contributed by atoms with Crippen molar-refractivity contribution in [2.24, 2.45) is 0 Å². The number of hydrogen-bond acceptors (Lipinski definition) is 8. The molecule has 0 aliphatic heterocycles. The largest absolute Gasteiger partial charge is 0.480 e. The SMILES string of the molecule is COc1cnc2c(-c3nc4cc(F)c(OC5CC(F)(F)CCC5O)nc4s3)cc(C)cc2n1. The van der Waals surface area contributed by atoms with E-state index >= 15 is 0 Å². The predicted octanol–water partition coefficient (Wildman–Crippen LogP) is 4.69. The van der Waals surface area contributed by atoms with Gasteiger partial charge >= 0.3 is 0 Å². The van der Waals surface area contributed by atoms with Crippen molar-refractivity contribution in [3.8, 4) is 22.3 Å². The van der Waals surface area contributed by atoms with Crippen molar-refractivity contribution in [1.82, 2.24) is 19.9 Å². The van der Waals surface area contributed by atoms with Gasteiger partial charge in [-0.05, 0) is 31.0 Å². The van der Waals surface area contributed by atoms with E-state index in [0.29, 0.717) is 37.8 Å². The number of pyridine rings is 1. The molecule has 4 aromatic rings. The zero-order valence-electron chi connectivity index (χ0n) is 17.7. The quantitative estimate of drug-likeness (QED) is 0.457. The highest BCUT2D eigenvalue weighted by Gasteiger charge is 2.42. The highest BCUT2D eigenvalue weighted by Crippen LogP contribution is 2.38. The standard InChI is InChI=1S/C22H19F3N4O3S/c1-10-5-11(18-13(6-10)27-17(31-2)9-26-18)20-28-14-7-12(23)19(29-21(14)33-20)32-16-8-22(24,25)4-3-15(16)30/h5-7,9,15-16,30H,3-4,8H2,1-2H3. The van der Waals surface area contributed by atoms with Gasteiger partial charge in [0.05, 0.1) is 36.9 Å². The lowest BCUT2D eigenvalue weighted by Gasteiger charge is -2.32. The normalized spacial score (nSPS) is 20.3. The summed E-state index contributed by atoms with van der Waals surface area (Å²) in [4.78, 5) is 17.9. The molecule has 7 nitrogen and oxygen atoms in total. The van der Waals surface area contributed by atoms with Crippen LogP contribution in [0.1, 0.15) is 24.8 Å². The van der Waals surface area contributed by atoms with E-state index in [-0.39, 0.29) is 6.42 Å². The number of ether oxygens (including phenoxy) is 2. The number of alkyl halides is 2. The molecule has 2 atom stereocenters. The number of hydrogen-bond donors (Lipinski definition) is 1. The van der Waals surface area contributed by atoms with E-state index in [2.05, 4.69) is 19.9 Å². The number of aliphatic hydroxyl groups is 1. The molecule has 11 heteroatoms. The molecule has 5 rings (SSSR count). The van der Waals surface area contributed by atoms with Gasteiger partial charge in [-0.2, -0.15) is 4.98 Å². The minimum absolute atomic E-state index is 0.126. The number of aromatic nitrogens is 4. The maximum absolute atomic E-state index is 14.7. The highest BCUT2D eigenvalue weighted by molar-refractivity contribution is 7.21. The van der Waals surface area contributed by atoms with Crippen LogP contribution in [0.2, 0.25) is 0 Å². The van der Waals surface area contributed by atoms with Crippen LogP contribution in [0.25, 0.3) is 32.0 Å². The van der Waals surface area contributed by atoms with E-state index in [1.807, 2.05) is 19.1 Å². The first-order valence-electron chi connectivity index (χ1n) is 10.2. The number of aliphatic hydroxyl groups excluding tert-OH is 1. The molecule has 0 amide bonds. The Morgan fingerprint density at radius 3 is 2.76 bits per heavy atom. The number of thiazole rings is 1. The van der Waals surface area contributed by atoms with E-state index in [1.165, 1.54) is 24.6 Å². The molecule has 1 saturated carbocycles. The molecule has 0 bridgehead atoms. The summed E-state index contributed by atoms with van der Waals surface area (Å²) in [5.41, 5.74) is 3.15. The third-order valence-electron chi connectivity index (χ3n) is 5.51. The molecule has 1 aliphatic rings. The van der Waals surface area contributed by atoms with Gasteiger partial charge in [-0.25, -0.2) is 28.1 Å². The average molecular weight is 476 g/mol. The Balaban J connectivity index is 1.54. The predicted molar refractivity (Wildman–Crippen MR) is 116 cm³/mol. The molecule has 1 aromatic carbocycles. The van der Waals surface area contributed by atoms with Gasteiger partial charge in [-0.1, -0.05) is 11.3 Å². The second kappa shape index (κ2) is 8.07. The van der Waals surface area contributed by atoms with Crippen LogP contribution in [0.3, 0.4) is 0 Å². The van der Waals surface area contributed by atoms with E-state index in [1.54, 1.807) is 0 Å². The summed E-state index contributed by atoms with van der Waals surface area (Å²) in [6.45, 7) is 1.91. The molecular formula is C22H19F3N4O3S. The molecule has 0 spiro atoms. The average Bonchev–Trinajstić information content (AvgIpc) is 3.17. The second-order valence-corrected chi connectivity index (χ2v) is 9.01. The van der Waals surface area contributed by atoms with Crippen LogP contribution < -0.4 is 9.47 Å². The van der Waals surface area contributed by atoms with Gasteiger partial charge in [-0.3, -0.25) is 0 Å². The maximum Gasteiger partial charge on any atom is 0.252 e. The summed E-state index contributed by atoms with van der Waals surface area (Å²) in [5, 5.41) is 10.6. The van der Waals surface area contributed by atoms with Gasteiger partial charge in [0, 0.05) is 18.1 Å². The van der Waals surface area contributed by atoms with Crippen LogP contribution in [0.5, 0.6) is 11.8 Å². The van der Waals surface area contributed by atoms with Gasteiger partial charge in [0.2, 0.25) is 5.88 Å². The van der Waals surface area contributed by atoms with Crippen LogP contribution in [0, 0.1) is 12.7 Å². The fraction of sp³-hybridized carbons (Fsp3) is 0.364. The third-order valence-corrected chi connectivity index (χ3v) is 6.51. The minimum atomic E-state index is -2.97. The van der Waals surface area contributed by atoms with E-state index in [9.17, 15) is 18.3 Å². The van der Waals surface area contributed by atoms with Crippen LogP contribution in [0.4, 0.5) is 13.2 Å². The van der Waals surface area contributed by atoms with Crippen molar-refractivity contribution in [2.75, 3.05) is 7.11 Å². The summed E-state index contributed by atoms with van der Waals surface area (Å²) in [6.07, 6.45) is -2.11. The molecule has 33 heavy (non-hydrogen) atoms. The summed E-state index contributed by atoms with van der Waals surface area (Å²) in [7, 11) is 1.51. The molecule has 172 valence electrons. The Labute approximate surface area is 190 Å². The Morgan fingerprint density at radius 1 is 1.15 bits per heavy atom. The topological polar surface area (TPSA) is 90.3 Å². The zero-order valence-corrected chi connectivity index (χ0v) is 18.5. The Morgan fingerprint density at radius 2 is 1.97 bits per heavy atom. The first-order chi connectivity index (χ1) is 15.7. The maximum atomic E-state index is 14.7. The monoisotopic (exact) mass is 476 g/mol. The molecule has 1 N–H and O–H groups in total. The van der Waals surface area contributed by atoms with E-state index in [4.69, 9.17) is 9.47 Å². The molecule has 3 heterocycles. The molecular weight excluding hydrogens is 457 g/mol. The highest BCUT2D eigenvalue weighted by atomic mass is 32.1. The van der Waals surface area contributed by atoms with E-state index < -0.39 is 42.7 Å². The number of benzene rings is 1. The molecule has 3 aromatic heterocycles. The zero-order chi connectivity index (χ0) is 23.3. The van der Waals surface area contributed by atoms with Crippen LogP contribution in [-0.2, 0) is 0 Å². The summed E-state index contributed by atoms with van der Waals surface area (Å²) < 4.78 is 52.7. The van der Waals surface area contributed by atoms with Crippen LogP contribution >= 0.6 is 11.3 Å². The summed E-state index contributed by atoms with van der Waals surface area (Å²) in [5.74, 6) is -3.86.